The van der Waals surface area contributed by atoms with Gasteiger partial charge in [-0.3, -0.25) is 0 Å². The number of thioether (sulfide) groups is 1. The number of imidazole rings is 1. The standard InChI is InChI=1S/C12H17N3O2S2/c1-13-19(16,17)9-5-8-18-12-14-10-6-3-4-7-11(10)15(12)2/h3-4,6-7,13H,5,8-9H2,1-2H3. The average Bonchev–Trinajstić information content (AvgIpc) is 2.72. The van der Waals surface area contributed by atoms with E-state index in [9.17, 15) is 8.42 Å². The summed E-state index contributed by atoms with van der Waals surface area (Å²) < 4.78 is 26.9. The highest BCUT2D eigenvalue weighted by molar-refractivity contribution is 7.99. The summed E-state index contributed by atoms with van der Waals surface area (Å²) in [4.78, 5) is 4.53. The molecule has 5 nitrogen and oxygen atoms in total. The number of hydrogen-bond acceptors (Lipinski definition) is 4. The minimum Gasteiger partial charge on any atom is -0.322 e. The lowest BCUT2D eigenvalue weighted by Gasteiger charge is -2.03. The monoisotopic (exact) mass is 299 g/mol. The number of aryl methyl sites for hydroxylation is 1. The zero-order chi connectivity index (χ0) is 13.9. The quantitative estimate of drug-likeness (QED) is 0.650. The molecular weight excluding hydrogens is 282 g/mol. The van der Waals surface area contributed by atoms with Gasteiger partial charge < -0.3 is 4.57 Å². The zero-order valence-electron chi connectivity index (χ0n) is 11.0. The van der Waals surface area contributed by atoms with Crippen LogP contribution in [-0.2, 0) is 17.1 Å². The Kier molecular flexibility index (Phi) is 4.49. The minimum atomic E-state index is -3.10. The predicted molar refractivity (Wildman–Crippen MR) is 78.9 cm³/mol. The van der Waals surface area contributed by atoms with Crippen LogP contribution in [0.2, 0.25) is 0 Å². The maximum Gasteiger partial charge on any atom is 0.211 e. The third-order valence-corrected chi connectivity index (χ3v) is 5.41. The Labute approximate surface area is 117 Å². The molecule has 0 aliphatic heterocycles. The first-order valence-corrected chi connectivity index (χ1v) is 8.63. The van der Waals surface area contributed by atoms with Gasteiger partial charge in [0.05, 0.1) is 16.8 Å². The third kappa shape index (κ3) is 3.49. The van der Waals surface area contributed by atoms with Gasteiger partial charge in [0.2, 0.25) is 10.0 Å². The van der Waals surface area contributed by atoms with Gasteiger partial charge >= 0.3 is 0 Å². The van der Waals surface area contributed by atoms with Gasteiger partial charge in [-0.15, -0.1) is 0 Å². The second kappa shape index (κ2) is 5.94. The van der Waals surface area contributed by atoms with Gasteiger partial charge in [-0.2, -0.15) is 0 Å². The lowest BCUT2D eigenvalue weighted by Crippen LogP contribution is -2.22. The largest absolute Gasteiger partial charge is 0.322 e. The summed E-state index contributed by atoms with van der Waals surface area (Å²) in [7, 11) is 0.313. The van der Waals surface area contributed by atoms with E-state index in [1.165, 1.54) is 7.05 Å². The van der Waals surface area contributed by atoms with E-state index in [4.69, 9.17) is 0 Å². The summed E-state index contributed by atoms with van der Waals surface area (Å²) in [6, 6.07) is 7.95. The fourth-order valence-electron chi connectivity index (χ4n) is 1.77. The molecule has 0 amide bonds. The number of nitrogens with zero attached hydrogens (tertiary/aromatic N) is 2. The second-order valence-corrected chi connectivity index (χ2v) is 7.28. The maximum absolute atomic E-state index is 11.3. The van der Waals surface area contributed by atoms with Crippen LogP contribution in [0.4, 0.5) is 0 Å². The first-order valence-electron chi connectivity index (χ1n) is 5.99. The molecule has 0 aliphatic carbocycles. The van der Waals surface area contributed by atoms with Gasteiger partial charge in [-0.1, -0.05) is 23.9 Å². The highest BCUT2D eigenvalue weighted by atomic mass is 32.2. The molecule has 1 aromatic carbocycles. The number of sulfonamides is 1. The van der Waals surface area contributed by atoms with Crippen LogP contribution >= 0.6 is 11.8 Å². The molecule has 2 rings (SSSR count). The van der Waals surface area contributed by atoms with Gasteiger partial charge in [0, 0.05) is 12.8 Å². The summed E-state index contributed by atoms with van der Waals surface area (Å²) in [5.41, 5.74) is 2.06. The van der Waals surface area contributed by atoms with Crippen molar-refractivity contribution in [2.24, 2.45) is 7.05 Å². The average molecular weight is 299 g/mol. The normalized spacial score (nSPS) is 12.1. The fourth-order valence-corrected chi connectivity index (χ4v) is 3.60. The molecule has 0 fully saturated rings. The molecule has 0 saturated carbocycles. The number of nitrogens with one attached hydrogen (secondary N) is 1. The number of rotatable bonds is 6. The lowest BCUT2D eigenvalue weighted by atomic mass is 10.3. The Morgan fingerprint density at radius 3 is 2.79 bits per heavy atom. The van der Waals surface area contributed by atoms with Crippen molar-refractivity contribution in [3.63, 3.8) is 0 Å². The molecule has 0 aliphatic rings. The molecule has 7 heteroatoms. The molecule has 1 aromatic heterocycles. The van der Waals surface area contributed by atoms with E-state index in [1.807, 2.05) is 35.9 Å². The van der Waals surface area contributed by atoms with Crippen molar-refractivity contribution in [2.45, 2.75) is 11.6 Å². The molecular formula is C12H17N3O2S2. The van der Waals surface area contributed by atoms with E-state index in [0.29, 0.717) is 6.42 Å². The van der Waals surface area contributed by atoms with Crippen LogP contribution in [0.3, 0.4) is 0 Å². The molecule has 0 unspecified atom stereocenters. The van der Waals surface area contributed by atoms with Crippen LogP contribution in [0.15, 0.2) is 29.4 Å². The van der Waals surface area contributed by atoms with E-state index < -0.39 is 10.0 Å². The van der Waals surface area contributed by atoms with Gasteiger partial charge in [0.15, 0.2) is 5.16 Å². The van der Waals surface area contributed by atoms with E-state index in [2.05, 4.69) is 9.71 Å². The highest BCUT2D eigenvalue weighted by Gasteiger charge is 2.09. The number of hydrogen-bond donors (Lipinski definition) is 1. The number of fused-ring (bicyclic) bond motifs is 1. The zero-order valence-corrected chi connectivity index (χ0v) is 12.6. The summed E-state index contributed by atoms with van der Waals surface area (Å²) in [6.07, 6.45) is 0.608. The van der Waals surface area contributed by atoms with E-state index >= 15 is 0 Å². The molecule has 1 heterocycles. The van der Waals surface area contributed by atoms with Crippen LogP contribution in [0, 0.1) is 0 Å². The fraction of sp³-hybridized carbons (Fsp3) is 0.417. The van der Waals surface area contributed by atoms with E-state index in [0.717, 1.165) is 21.9 Å². The topological polar surface area (TPSA) is 64.0 Å². The third-order valence-electron chi connectivity index (χ3n) is 2.85. The van der Waals surface area contributed by atoms with Crippen molar-refractivity contribution in [3.8, 4) is 0 Å². The first-order chi connectivity index (χ1) is 9.03. The number of para-hydroxylation sites is 2. The maximum atomic E-state index is 11.3. The van der Waals surface area contributed by atoms with Crippen LogP contribution in [0.25, 0.3) is 11.0 Å². The van der Waals surface area contributed by atoms with Crippen LogP contribution in [-0.4, -0.2) is 36.5 Å². The van der Waals surface area contributed by atoms with Crippen LogP contribution in [0.1, 0.15) is 6.42 Å². The smallest absolute Gasteiger partial charge is 0.211 e. The van der Waals surface area contributed by atoms with Crippen molar-refractivity contribution in [2.75, 3.05) is 18.6 Å². The van der Waals surface area contributed by atoms with Gasteiger partial charge in [-0.25, -0.2) is 18.1 Å². The Bertz CT molecular complexity index is 665. The van der Waals surface area contributed by atoms with Gasteiger partial charge in [0.1, 0.15) is 0 Å². The Hall–Kier alpha value is -1.05. The molecule has 0 spiro atoms. The van der Waals surface area contributed by atoms with Gasteiger partial charge in [0.25, 0.3) is 0 Å². The summed E-state index contributed by atoms with van der Waals surface area (Å²) in [5.74, 6) is 0.887. The minimum absolute atomic E-state index is 0.153. The van der Waals surface area contributed by atoms with Gasteiger partial charge in [-0.05, 0) is 25.6 Å². The summed E-state index contributed by atoms with van der Waals surface area (Å²) in [5, 5.41) is 0.919. The lowest BCUT2D eigenvalue weighted by molar-refractivity contribution is 0.587. The molecule has 0 saturated heterocycles. The molecule has 0 atom stereocenters. The van der Waals surface area contributed by atoms with Crippen LogP contribution < -0.4 is 4.72 Å². The number of benzene rings is 1. The van der Waals surface area contributed by atoms with E-state index in [1.54, 1.807) is 11.8 Å². The SMILES string of the molecule is CNS(=O)(=O)CCCSc1nc2ccccc2n1C. The Morgan fingerprint density at radius 2 is 2.11 bits per heavy atom. The Balaban J connectivity index is 1.97. The van der Waals surface area contributed by atoms with Crippen molar-refractivity contribution < 1.29 is 8.42 Å². The molecule has 19 heavy (non-hydrogen) atoms. The van der Waals surface area contributed by atoms with E-state index in [-0.39, 0.29) is 5.75 Å². The molecule has 104 valence electrons. The van der Waals surface area contributed by atoms with Crippen molar-refractivity contribution in [1.29, 1.82) is 0 Å². The molecule has 2 aromatic rings. The summed E-state index contributed by atoms with van der Waals surface area (Å²) >= 11 is 1.58. The first kappa shape index (κ1) is 14.4. The highest BCUT2D eigenvalue weighted by Crippen LogP contribution is 2.23. The summed E-state index contributed by atoms with van der Waals surface area (Å²) in [6.45, 7) is 0. The molecule has 0 radical (unpaired) electrons. The van der Waals surface area contributed by atoms with Crippen LogP contribution in [0.5, 0.6) is 0 Å². The Morgan fingerprint density at radius 1 is 1.37 bits per heavy atom. The van der Waals surface area contributed by atoms with Crippen molar-refractivity contribution in [1.82, 2.24) is 14.3 Å². The number of aromatic nitrogens is 2. The molecule has 0 bridgehead atoms. The second-order valence-electron chi connectivity index (χ2n) is 4.17. The predicted octanol–water partition coefficient (Wildman–Crippen LogP) is 1.60. The van der Waals surface area contributed by atoms with Crippen molar-refractivity contribution >= 4 is 32.8 Å². The molecule has 1 N–H and O–H groups in total. The van der Waals surface area contributed by atoms with Crippen molar-refractivity contribution in [3.05, 3.63) is 24.3 Å².